The van der Waals surface area contributed by atoms with Crippen LogP contribution in [0.3, 0.4) is 0 Å². The molecule has 0 aliphatic carbocycles. The van der Waals surface area contributed by atoms with Gasteiger partial charge < -0.3 is 15.4 Å². The number of hydrogen-bond acceptors (Lipinski definition) is 4. The van der Waals surface area contributed by atoms with E-state index in [0.29, 0.717) is 0 Å². The summed E-state index contributed by atoms with van der Waals surface area (Å²) in [5.41, 5.74) is 8.02. The molecule has 106 valence electrons. The number of hydrogen-bond donors (Lipinski definition) is 1. The van der Waals surface area contributed by atoms with Crippen molar-refractivity contribution in [3.8, 4) is 0 Å². The molecular formula is C15H25N3O. The van der Waals surface area contributed by atoms with E-state index in [4.69, 9.17) is 10.5 Å². The van der Waals surface area contributed by atoms with Crippen molar-refractivity contribution in [1.29, 1.82) is 0 Å². The average Bonchev–Trinajstić information content (AvgIpc) is 2.46. The van der Waals surface area contributed by atoms with E-state index in [1.807, 2.05) is 18.2 Å². The van der Waals surface area contributed by atoms with Gasteiger partial charge in [0.1, 0.15) is 0 Å². The zero-order chi connectivity index (χ0) is 13.7. The molecule has 1 fully saturated rings. The van der Waals surface area contributed by atoms with Crippen LogP contribution < -0.4 is 10.6 Å². The molecule has 1 aromatic rings. The van der Waals surface area contributed by atoms with Crippen LogP contribution in [0.5, 0.6) is 0 Å². The Kier molecular flexibility index (Phi) is 5.05. The molecule has 1 heterocycles. The SMILES string of the molecule is CCN1CCOC(CN(CC)c2ccccc2N)C1. The van der Waals surface area contributed by atoms with Crippen molar-refractivity contribution >= 4 is 11.4 Å². The minimum Gasteiger partial charge on any atom is -0.397 e. The molecule has 4 heteroatoms. The highest BCUT2D eigenvalue weighted by molar-refractivity contribution is 5.67. The van der Waals surface area contributed by atoms with E-state index in [2.05, 4.69) is 29.7 Å². The monoisotopic (exact) mass is 263 g/mol. The van der Waals surface area contributed by atoms with Crippen LogP contribution in [0.4, 0.5) is 11.4 Å². The van der Waals surface area contributed by atoms with Gasteiger partial charge in [-0.3, -0.25) is 4.90 Å². The molecule has 1 aliphatic heterocycles. The number of rotatable bonds is 5. The van der Waals surface area contributed by atoms with E-state index in [1.54, 1.807) is 0 Å². The van der Waals surface area contributed by atoms with Gasteiger partial charge in [-0.25, -0.2) is 0 Å². The van der Waals surface area contributed by atoms with Crippen LogP contribution in [-0.4, -0.2) is 50.3 Å². The van der Waals surface area contributed by atoms with Gasteiger partial charge in [0.2, 0.25) is 0 Å². The molecule has 1 saturated heterocycles. The number of anilines is 2. The first kappa shape index (κ1) is 14.2. The number of nitrogens with zero attached hydrogens (tertiary/aromatic N) is 2. The summed E-state index contributed by atoms with van der Waals surface area (Å²) in [6.07, 6.45) is 0.272. The second kappa shape index (κ2) is 6.78. The van der Waals surface area contributed by atoms with Crippen molar-refractivity contribution in [2.24, 2.45) is 0 Å². The zero-order valence-corrected chi connectivity index (χ0v) is 12.0. The largest absolute Gasteiger partial charge is 0.397 e. The summed E-state index contributed by atoms with van der Waals surface area (Å²) in [6, 6.07) is 8.05. The predicted octanol–water partition coefficient (Wildman–Crippen LogP) is 1.82. The van der Waals surface area contributed by atoms with E-state index in [1.165, 1.54) is 0 Å². The lowest BCUT2D eigenvalue weighted by atomic mass is 10.2. The lowest BCUT2D eigenvalue weighted by Crippen LogP contribution is -2.47. The molecule has 1 atom stereocenters. The Morgan fingerprint density at radius 2 is 2.16 bits per heavy atom. The van der Waals surface area contributed by atoms with Crippen molar-refractivity contribution in [2.75, 3.05) is 50.0 Å². The first-order chi connectivity index (χ1) is 9.24. The summed E-state index contributed by atoms with van der Waals surface area (Å²) in [5.74, 6) is 0. The van der Waals surface area contributed by atoms with Crippen LogP contribution in [0, 0.1) is 0 Å². The molecule has 1 aromatic carbocycles. The number of likely N-dealkylation sites (N-methyl/N-ethyl adjacent to an activating group) is 2. The number of ether oxygens (including phenoxy) is 1. The first-order valence-corrected chi connectivity index (χ1v) is 7.18. The Labute approximate surface area is 116 Å². The van der Waals surface area contributed by atoms with Crippen LogP contribution in [-0.2, 0) is 4.74 Å². The standard InChI is InChI=1S/C15H25N3O/c1-3-17-9-10-19-13(11-17)12-18(4-2)15-8-6-5-7-14(15)16/h5-8,13H,3-4,9-12,16H2,1-2H3. The molecule has 0 bridgehead atoms. The van der Waals surface area contributed by atoms with Crippen molar-refractivity contribution in [3.63, 3.8) is 0 Å². The minimum absolute atomic E-state index is 0.272. The van der Waals surface area contributed by atoms with Gasteiger partial charge in [-0.1, -0.05) is 19.1 Å². The third kappa shape index (κ3) is 3.61. The normalized spacial score (nSPS) is 20.4. The van der Waals surface area contributed by atoms with Gasteiger partial charge in [-0.2, -0.15) is 0 Å². The van der Waals surface area contributed by atoms with Crippen LogP contribution in [0.15, 0.2) is 24.3 Å². The number of para-hydroxylation sites is 2. The second-order valence-corrected chi connectivity index (χ2v) is 4.98. The summed E-state index contributed by atoms with van der Waals surface area (Å²) in [4.78, 5) is 4.75. The number of morpholine rings is 1. The Morgan fingerprint density at radius 3 is 2.84 bits per heavy atom. The highest BCUT2D eigenvalue weighted by Crippen LogP contribution is 2.23. The maximum absolute atomic E-state index is 6.06. The highest BCUT2D eigenvalue weighted by Gasteiger charge is 2.22. The van der Waals surface area contributed by atoms with Gasteiger partial charge in [0.25, 0.3) is 0 Å². The molecule has 0 spiro atoms. The minimum atomic E-state index is 0.272. The van der Waals surface area contributed by atoms with Crippen molar-refractivity contribution in [1.82, 2.24) is 4.90 Å². The third-order valence-corrected chi connectivity index (χ3v) is 3.75. The number of benzene rings is 1. The van der Waals surface area contributed by atoms with Crippen molar-refractivity contribution < 1.29 is 4.74 Å². The number of nitrogen functional groups attached to an aromatic ring is 1. The molecule has 19 heavy (non-hydrogen) atoms. The Morgan fingerprint density at radius 1 is 1.37 bits per heavy atom. The molecule has 2 rings (SSSR count). The van der Waals surface area contributed by atoms with Gasteiger partial charge in [0, 0.05) is 26.2 Å². The van der Waals surface area contributed by atoms with Crippen molar-refractivity contribution in [2.45, 2.75) is 20.0 Å². The molecule has 0 aromatic heterocycles. The number of nitrogens with two attached hydrogens (primary N) is 1. The van der Waals surface area contributed by atoms with E-state index < -0.39 is 0 Å². The zero-order valence-electron chi connectivity index (χ0n) is 12.0. The average molecular weight is 263 g/mol. The molecule has 0 amide bonds. The fraction of sp³-hybridized carbons (Fsp3) is 0.600. The lowest BCUT2D eigenvalue weighted by molar-refractivity contribution is -0.0220. The molecule has 2 N–H and O–H groups in total. The van der Waals surface area contributed by atoms with Crippen LogP contribution in [0.1, 0.15) is 13.8 Å². The fourth-order valence-corrected chi connectivity index (χ4v) is 2.60. The van der Waals surface area contributed by atoms with Crippen molar-refractivity contribution in [3.05, 3.63) is 24.3 Å². The summed E-state index contributed by atoms with van der Waals surface area (Å²) in [7, 11) is 0. The summed E-state index contributed by atoms with van der Waals surface area (Å²) >= 11 is 0. The second-order valence-electron chi connectivity index (χ2n) is 4.98. The molecular weight excluding hydrogens is 238 g/mol. The van der Waals surface area contributed by atoms with E-state index in [9.17, 15) is 0 Å². The quantitative estimate of drug-likeness (QED) is 0.823. The van der Waals surface area contributed by atoms with E-state index >= 15 is 0 Å². The van der Waals surface area contributed by atoms with E-state index in [-0.39, 0.29) is 6.10 Å². The molecule has 0 saturated carbocycles. The maximum Gasteiger partial charge on any atom is 0.0877 e. The summed E-state index contributed by atoms with van der Waals surface area (Å²) in [6.45, 7) is 10.2. The molecule has 1 aliphatic rings. The molecule has 0 radical (unpaired) electrons. The Bertz CT molecular complexity index is 397. The predicted molar refractivity (Wildman–Crippen MR) is 80.6 cm³/mol. The highest BCUT2D eigenvalue weighted by atomic mass is 16.5. The van der Waals surface area contributed by atoms with Crippen LogP contribution in [0.2, 0.25) is 0 Å². The van der Waals surface area contributed by atoms with Gasteiger partial charge in [-0.15, -0.1) is 0 Å². The van der Waals surface area contributed by atoms with Gasteiger partial charge in [0.15, 0.2) is 0 Å². The smallest absolute Gasteiger partial charge is 0.0877 e. The summed E-state index contributed by atoms with van der Waals surface area (Å²) < 4.78 is 5.88. The molecule has 1 unspecified atom stereocenters. The lowest BCUT2D eigenvalue weighted by Gasteiger charge is -2.36. The van der Waals surface area contributed by atoms with Gasteiger partial charge in [-0.05, 0) is 25.6 Å². The van der Waals surface area contributed by atoms with E-state index in [0.717, 1.165) is 50.7 Å². The van der Waals surface area contributed by atoms with Gasteiger partial charge in [0.05, 0.1) is 24.1 Å². The first-order valence-electron chi connectivity index (χ1n) is 7.18. The maximum atomic E-state index is 6.06. The Hall–Kier alpha value is -1.26. The third-order valence-electron chi connectivity index (χ3n) is 3.75. The molecule has 4 nitrogen and oxygen atoms in total. The fourth-order valence-electron chi connectivity index (χ4n) is 2.60. The summed E-state index contributed by atoms with van der Waals surface area (Å²) in [5, 5.41) is 0. The topological polar surface area (TPSA) is 41.7 Å². The Balaban J connectivity index is 2.01. The van der Waals surface area contributed by atoms with Crippen LogP contribution >= 0.6 is 0 Å². The van der Waals surface area contributed by atoms with Crippen LogP contribution in [0.25, 0.3) is 0 Å². The van der Waals surface area contributed by atoms with Gasteiger partial charge >= 0.3 is 0 Å².